The van der Waals surface area contributed by atoms with Gasteiger partial charge in [0.15, 0.2) is 0 Å². The van der Waals surface area contributed by atoms with Gasteiger partial charge in [-0.1, -0.05) is 25.4 Å². The van der Waals surface area contributed by atoms with Crippen molar-refractivity contribution < 1.29 is 9.47 Å². The Bertz CT molecular complexity index is 355. The van der Waals surface area contributed by atoms with Crippen LogP contribution in [0.5, 0.6) is 5.75 Å². The van der Waals surface area contributed by atoms with Gasteiger partial charge in [0.05, 0.1) is 30.5 Å². The van der Waals surface area contributed by atoms with Crippen LogP contribution in [0.1, 0.15) is 13.8 Å². The van der Waals surface area contributed by atoms with E-state index in [4.69, 9.17) is 21.1 Å². The first kappa shape index (κ1) is 14.1. The fourth-order valence-electron chi connectivity index (χ4n) is 1.52. The van der Waals surface area contributed by atoms with Crippen molar-refractivity contribution >= 4 is 17.3 Å². The summed E-state index contributed by atoms with van der Waals surface area (Å²) in [6.45, 7) is 4.93. The Morgan fingerprint density at radius 2 is 2.00 bits per heavy atom. The summed E-state index contributed by atoms with van der Waals surface area (Å²) in [6.07, 6.45) is 0. The molecule has 17 heavy (non-hydrogen) atoms. The molecule has 1 rings (SSSR count). The third-order valence-corrected chi connectivity index (χ3v) is 2.99. The van der Waals surface area contributed by atoms with Crippen LogP contribution in [0.2, 0.25) is 5.02 Å². The number of rotatable bonds is 6. The van der Waals surface area contributed by atoms with E-state index in [1.54, 1.807) is 14.2 Å². The maximum absolute atomic E-state index is 6.14. The van der Waals surface area contributed by atoms with E-state index in [0.717, 1.165) is 11.4 Å². The Labute approximate surface area is 108 Å². The highest BCUT2D eigenvalue weighted by Crippen LogP contribution is 2.28. The second kappa shape index (κ2) is 6.72. The molecule has 0 spiro atoms. The minimum absolute atomic E-state index is 0.226. The molecule has 0 saturated heterocycles. The number of hydrogen-bond donors (Lipinski definition) is 1. The number of ether oxygens (including phenoxy) is 2. The van der Waals surface area contributed by atoms with Crippen molar-refractivity contribution in [1.29, 1.82) is 0 Å². The molecule has 96 valence electrons. The molecule has 1 atom stereocenters. The van der Waals surface area contributed by atoms with Crippen LogP contribution in [0.4, 0.5) is 5.69 Å². The smallest absolute Gasteiger partial charge is 0.121 e. The molecule has 0 saturated carbocycles. The molecule has 0 aliphatic rings. The number of anilines is 1. The first-order valence-electron chi connectivity index (χ1n) is 5.67. The minimum Gasteiger partial charge on any atom is -0.497 e. The fraction of sp³-hybridized carbons (Fsp3) is 0.538. The van der Waals surface area contributed by atoms with Crippen molar-refractivity contribution in [3.8, 4) is 5.75 Å². The Kier molecular flexibility index (Phi) is 5.59. The monoisotopic (exact) mass is 257 g/mol. The van der Waals surface area contributed by atoms with Gasteiger partial charge in [-0.15, -0.1) is 0 Å². The molecule has 0 fully saturated rings. The minimum atomic E-state index is 0.226. The maximum Gasteiger partial charge on any atom is 0.121 e. The van der Waals surface area contributed by atoms with Crippen LogP contribution in [0.3, 0.4) is 0 Å². The highest BCUT2D eigenvalue weighted by atomic mass is 35.5. The van der Waals surface area contributed by atoms with Crippen molar-refractivity contribution in [3.05, 3.63) is 23.2 Å². The largest absolute Gasteiger partial charge is 0.497 e. The second-order valence-electron chi connectivity index (χ2n) is 4.30. The average Bonchev–Trinajstić information content (AvgIpc) is 2.31. The number of nitrogens with one attached hydrogen (secondary N) is 1. The highest BCUT2D eigenvalue weighted by Gasteiger charge is 2.14. The Balaban J connectivity index is 2.84. The van der Waals surface area contributed by atoms with Crippen molar-refractivity contribution in [2.75, 3.05) is 26.1 Å². The first-order chi connectivity index (χ1) is 8.08. The van der Waals surface area contributed by atoms with Gasteiger partial charge in [0.2, 0.25) is 0 Å². The molecule has 1 aromatic rings. The molecule has 1 aromatic carbocycles. The Morgan fingerprint density at radius 1 is 1.29 bits per heavy atom. The van der Waals surface area contributed by atoms with Crippen molar-refractivity contribution in [2.24, 2.45) is 5.92 Å². The SMILES string of the molecule is COCC(Nc1cc(OC)ccc1Cl)C(C)C. The summed E-state index contributed by atoms with van der Waals surface area (Å²) < 4.78 is 10.4. The molecule has 0 aliphatic heterocycles. The van der Waals surface area contributed by atoms with Gasteiger partial charge in [-0.3, -0.25) is 0 Å². The topological polar surface area (TPSA) is 30.5 Å². The van der Waals surface area contributed by atoms with Crippen LogP contribution in [-0.2, 0) is 4.74 Å². The van der Waals surface area contributed by atoms with Crippen LogP contribution in [0.15, 0.2) is 18.2 Å². The molecule has 1 unspecified atom stereocenters. The van der Waals surface area contributed by atoms with Crippen LogP contribution in [-0.4, -0.2) is 26.9 Å². The molecule has 0 heterocycles. The van der Waals surface area contributed by atoms with Gasteiger partial charge in [-0.05, 0) is 18.1 Å². The summed E-state index contributed by atoms with van der Waals surface area (Å²) in [7, 11) is 3.34. The van der Waals surface area contributed by atoms with Crippen LogP contribution >= 0.6 is 11.6 Å². The molecule has 0 bridgehead atoms. The maximum atomic E-state index is 6.14. The van der Waals surface area contributed by atoms with Crippen molar-refractivity contribution in [3.63, 3.8) is 0 Å². The fourth-order valence-corrected chi connectivity index (χ4v) is 1.69. The van der Waals surface area contributed by atoms with E-state index >= 15 is 0 Å². The summed E-state index contributed by atoms with van der Waals surface area (Å²) in [4.78, 5) is 0. The van der Waals surface area contributed by atoms with Crippen molar-refractivity contribution in [1.82, 2.24) is 0 Å². The zero-order valence-corrected chi connectivity index (χ0v) is 11.5. The lowest BCUT2D eigenvalue weighted by Gasteiger charge is -2.23. The summed E-state index contributed by atoms with van der Waals surface area (Å²) in [6, 6.07) is 5.79. The normalized spacial score (nSPS) is 12.6. The Hall–Kier alpha value is -0.930. The zero-order chi connectivity index (χ0) is 12.8. The van der Waals surface area contributed by atoms with Crippen LogP contribution < -0.4 is 10.1 Å². The summed E-state index contributed by atoms with van der Waals surface area (Å²) in [5, 5.41) is 4.07. The third kappa shape index (κ3) is 4.10. The lowest BCUT2D eigenvalue weighted by molar-refractivity contribution is 0.171. The van der Waals surface area contributed by atoms with E-state index < -0.39 is 0 Å². The van der Waals surface area contributed by atoms with Gasteiger partial charge in [0.25, 0.3) is 0 Å². The van der Waals surface area contributed by atoms with Gasteiger partial charge < -0.3 is 14.8 Å². The summed E-state index contributed by atoms with van der Waals surface area (Å²) in [5.74, 6) is 1.24. The van der Waals surface area contributed by atoms with E-state index in [2.05, 4.69) is 19.2 Å². The lowest BCUT2D eigenvalue weighted by atomic mass is 10.1. The van der Waals surface area contributed by atoms with Gasteiger partial charge in [-0.25, -0.2) is 0 Å². The predicted molar refractivity (Wildman–Crippen MR) is 72.1 cm³/mol. The molecule has 4 heteroatoms. The number of benzene rings is 1. The average molecular weight is 258 g/mol. The molecule has 0 radical (unpaired) electrons. The van der Waals surface area contributed by atoms with Gasteiger partial charge in [-0.2, -0.15) is 0 Å². The van der Waals surface area contributed by atoms with E-state index in [1.165, 1.54) is 0 Å². The quantitative estimate of drug-likeness (QED) is 0.847. The van der Waals surface area contributed by atoms with Gasteiger partial charge >= 0.3 is 0 Å². The highest BCUT2D eigenvalue weighted by molar-refractivity contribution is 6.33. The number of methoxy groups -OCH3 is 2. The molecule has 3 nitrogen and oxygen atoms in total. The molecule has 0 aliphatic carbocycles. The zero-order valence-electron chi connectivity index (χ0n) is 10.8. The molecular formula is C13H20ClNO2. The van der Waals surface area contributed by atoms with Crippen molar-refractivity contribution in [2.45, 2.75) is 19.9 Å². The molecule has 0 amide bonds. The van der Waals surface area contributed by atoms with Crippen LogP contribution in [0, 0.1) is 5.92 Å². The van der Waals surface area contributed by atoms with E-state index in [0.29, 0.717) is 17.5 Å². The summed E-state index contributed by atoms with van der Waals surface area (Å²) in [5.41, 5.74) is 0.877. The lowest BCUT2D eigenvalue weighted by Crippen LogP contribution is -2.30. The number of halogens is 1. The van der Waals surface area contributed by atoms with Gasteiger partial charge in [0.1, 0.15) is 5.75 Å². The standard InChI is InChI=1S/C13H20ClNO2/c1-9(2)13(8-16-3)15-12-7-10(17-4)5-6-11(12)14/h5-7,9,13,15H,8H2,1-4H3. The molecule has 1 N–H and O–H groups in total. The third-order valence-electron chi connectivity index (χ3n) is 2.67. The summed E-state index contributed by atoms with van der Waals surface area (Å²) >= 11 is 6.14. The van der Waals surface area contributed by atoms with Gasteiger partial charge in [0, 0.05) is 13.2 Å². The first-order valence-corrected chi connectivity index (χ1v) is 6.05. The second-order valence-corrected chi connectivity index (χ2v) is 4.70. The molecule has 0 aromatic heterocycles. The molecular weight excluding hydrogens is 238 g/mol. The van der Waals surface area contributed by atoms with E-state index in [1.807, 2.05) is 18.2 Å². The van der Waals surface area contributed by atoms with Crippen LogP contribution in [0.25, 0.3) is 0 Å². The Morgan fingerprint density at radius 3 is 2.53 bits per heavy atom. The van der Waals surface area contributed by atoms with E-state index in [9.17, 15) is 0 Å². The van der Waals surface area contributed by atoms with E-state index in [-0.39, 0.29) is 6.04 Å². The predicted octanol–water partition coefficient (Wildman–Crippen LogP) is 3.43. The number of hydrogen-bond acceptors (Lipinski definition) is 3.